The van der Waals surface area contributed by atoms with Crippen LogP contribution in [-0.4, -0.2) is 5.91 Å². The summed E-state index contributed by atoms with van der Waals surface area (Å²) < 4.78 is 0. The van der Waals surface area contributed by atoms with E-state index in [0.717, 1.165) is 5.92 Å². The van der Waals surface area contributed by atoms with Crippen LogP contribution in [-0.2, 0) is 4.79 Å². The van der Waals surface area contributed by atoms with Gasteiger partial charge < -0.3 is 5.32 Å². The van der Waals surface area contributed by atoms with Crippen LogP contribution in [0.4, 0.5) is 0 Å². The van der Waals surface area contributed by atoms with Crippen molar-refractivity contribution in [3.63, 3.8) is 0 Å². The molecule has 0 radical (unpaired) electrons. The number of carbonyl (C=O) groups excluding carboxylic acids is 1. The lowest BCUT2D eigenvalue weighted by Gasteiger charge is -2.22. The molecule has 2 heteroatoms. The van der Waals surface area contributed by atoms with Crippen molar-refractivity contribution in [1.29, 1.82) is 0 Å². The summed E-state index contributed by atoms with van der Waals surface area (Å²) >= 11 is 0. The van der Waals surface area contributed by atoms with E-state index in [-0.39, 0.29) is 11.9 Å². The Labute approximate surface area is 110 Å². The van der Waals surface area contributed by atoms with Crippen LogP contribution in [0.15, 0.2) is 24.3 Å². The van der Waals surface area contributed by atoms with Gasteiger partial charge in [-0.15, -0.1) is 0 Å². The molecule has 0 spiro atoms. The van der Waals surface area contributed by atoms with Crippen molar-refractivity contribution in [2.75, 3.05) is 0 Å². The Morgan fingerprint density at radius 3 is 2.33 bits per heavy atom. The van der Waals surface area contributed by atoms with Gasteiger partial charge in [0, 0.05) is 6.92 Å². The number of nitrogens with one attached hydrogen (secondary N) is 1. The molecule has 1 aliphatic rings. The fourth-order valence-electron chi connectivity index (χ4n) is 2.88. The van der Waals surface area contributed by atoms with Crippen LogP contribution in [0.1, 0.15) is 69.0 Å². The van der Waals surface area contributed by atoms with Crippen LogP contribution >= 0.6 is 0 Å². The maximum Gasteiger partial charge on any atom is 0.217 e. The Kier molecular flexibility index (Phi) is 4.40. The zero-order chi connectivity index (χ0) is 13.0. The van der Waals surface area contributed by atoms with Crippen molar-refractivity contribution >= 4 is 5.91 Å². The van der Waals surface area contributed by atoms with E-state index in [1.165, 1.54) is 43.2 Å². The van der Waals surface area contributed by atoms with Gasteiger partial charge in [-0.05, 0) is 36.8 Å². The average Bonchev–Trinajstić information content (AvgIpc) is 2.39. The van der Waals surface area contributed by atoms with Crippen molar-refractivity contribution < 1.29 is 4.79 Å². The Hall–Kier alpha value is -1.31. The number of hydrogen-bond donors (Lipinski definition) is 1. The summed E-state index contributed by atoms with van der Waals surface area (Å²) in [5.74, 6) is 0.780. The van der Waals surface area contributed by atoms with Crippen LogP contribution in [0.2, 0.25) is 0 Å². The molecule has 0 aromatic heterocycles. The van der Waals surface area contributed by atoms with Crippen LogP contribution in [0.5, 0.6) is 0 Å². The van der Waals surface area contributed by atoms with Crippen LogP contribution in [0, 0.1) is 0 Å². The Morgan fingerprint density at radius 2 is 1.78 bits per heavy atom. The standard InChI is InChI=1S/C16H23NO/c1-12(17-13(2)18)14-8-10-16(11-9-14)15-6-4-3-5-7-15/h8-12,15H,3-7H2,1-2H3,(H,17,18)/t12-/m1/s1. The molecular weight excluding hydrogens is 222 g/mol. The third-order valence-electron chi connectivity index (χ3n) is 3.93. The first-order valence-electron chi connectivity index (χ1n) is 7.04. The summed E-state index contributed by atoms with van der Waals surface area (Å²) in [7, 11) is 0. The lowest BCUT2D eigenvalue weighted by molar-refractivity contribution is -0.119. The van der Waals surface area contributed by atoms with Gasteiger partial charge in [0.2, 0.25) is 5.91 Å². The number of carbonyl (C=O) groups is 1. The first kappa shape index (κ1) is 13.1. The molecule has 2 nitrogen and oxygen atoms in total. The van der Waals surface area contributed by atoms with Crippen molar-refractivity contribution in [2.45, 2.75) is 57.9 Å². The predicted molar refractivity (Wildman–Crippen MR) is 74.5 cm³/mol. The second kappa shape index (κ2) is 6.03. The summed E-state index contributed by atoms with van der Waals surface area (Å²) in [6, 6.07) is 8.89. The Balaban J connectivity index is 2.02. The zero-order valence-electron chi connectivity index (χ0n) is 11.4. The summed E-state index contributed by atoms with van der Waals surface area (Å²) in [6.07, 6.45) is 6.80. The fraction of sp³-hybridized carbons (Fsp3) is 0.562. The topological polar surface area (TPSA) is 29.1 Å². The molecule has 0 unspecified atom stereocenters. The molecule has 1 fully saturated rings. The van der Waals surface area contributed by atoms with E-state index in [2.05, 4.69) is 29.6 Å². The normalized spacial score (nSPS) is 18.3. The number of benzene rings is 1. The second-order valence-corrected chi connectivity index (χ2v) is 5.42. The largest absolute Gasteiger partial charge is 0.350 e. The zero-order valence-corrected chi connectivity index (χ0v) is 11.4. The van der Waals surface area contributed by atoms with Gasteiger partial charge in [0.25, 0.3) is 0 Å². The number of rotatable bonds is 3. The lowest BCUT2D eigenvalue weighted by Crippen LogP contribution is -2.23. The van der Waals surface area contributed by atoms with E-state index in [1.54, 1.807) is 6.92 Å². The van der Waals surface area contributed by atoms with Gasteiger partial charge >= 0.3 is 0 Å². The van der Waals surface area contributed by atoms with Crippen molar-refractivity contribution in [1.82, 2.24) is 5.32 Å². The molecule has 98 valence electrons. The van der Waals surface area contributed by atoms with E-state index >= 15 is 0 Å². The predicted octanol–water partition coefficient (Wildman–Crippen LogP) is 3.93. The first-order chi connectivity index (χ1) is 8.66. The van der Waals surface area contributed by atoms with Gasteiger partial charge in [0.15, 0.2) is 0 Å². The highest BCUT2D eigenvalue weighted by molar-refractivity contribution is 5.73. The molecule has 1 atom stereocenters. The van der Waals surface area contributed by atoms with Crippen LogP contribution in [0.25, 0.3) is 0 Å². The number of amides is 1. The summed E-state index contributed by atoms with van der Waals surface area (Å²) in [5.41, 5.74) is 2.65. The second-order valence-electron chi connectivity index (χ2n) is 5.42. The van der Waals surface area contributed by atoms with E-state index in [9.17, 15) is 4.79 Å². The van der Waals surface area contributed by atoms with E-state index < -0.39 is 0 Å². The van der Waals surface area contributed by atoms with Crippen LogP contribution in [0.3, 0.4) is 0 Å². The van der Waals surface area contributed by atoms with Crippen molar-refractivity contribution in [3.8, 4) is 0 Å². The number of hydrogen-bond acceptors (Lipinski definition) is 1. The Bertz CT molecular complexity index is 390. The van der Waals surface area contributed by atoms with Gasteiger partial charge in [-0.1, -0.05) is 43.5 Å². The molecule has 1 aromatic carbocycles. The maximum atomic E-state index is 11.0. The van der Waals surface area contributed by atoms with E-state index in [4.69, 9.17) is 0 Å². The molecule has 1 aliphatic carbocycles. The maximum absolute atomic E-state index is 11.0. The minimum atomic E-state index is 0.0267. The van der Waals surface area contributed by atoms with Crippen molar-refractivity contribution in [3.05, 3.63) is 35.4 Å². The molecule has 0 heterocycles. The quantitative estimate of drug-likeness (QED) is 0.859. The molecule has 1 saturated carbocycles. The third-order valence-corrected chi connectivity index (χ3v) is 3.93. The molecule has 1 amide bonds. The fourth-order valence-corrected chi connectivity index (χ4v) is 2.88. The van der Waals surface area contributed by atoms with E-state index in [1.807, 2.05) is 6.92 Å². The van der Waals surface area contributed by atoms with E-state index in [0.29, 0.717) is 0 Å². The average molecular weight is 245 g/mol. The highest BCUT2D eigenvalue weighted by Crippen LogP contribution is 2.32. The molecule has 18 heavy (non-hydrogen) atoms. The minimum Gasteiger partial charge on any atom is -0.350 e. The van der Waals surface area contributed by atoms with Gasteiger partial charge in [-0.2, -0.15) is 0 Å². The van der Waals surface area contributed by atoms with Gasteiger partial charge in [0.05, 0.1) is 6.04 Å². The van der Waals surface area contributed by atoms with Crippen LogP contribution < -0.4 is 5.32 Å². The molecular formula is C16H23NO. The molecule has 0 aliphatic heterocycles. The molecule has 2 rings (SSSR count). The monoisotopic (exact) mass is 245 g/mol. The third kappa shape index (κ3) is 3.34. The van der Waals surface area contributed by atoms with Gasteiger partial charge in [-0.3, -0.25) is 4.79 Å². The van der Waals surface area contributed by atoms with Gasteiger partial charge in [0.1, 0.15) is 0 Å². The lowest BCUT2D eigenvalue weighted by atomic mass is 9.84. The smallest absolute Gasteiger partial charge is 0.217 e. The molecule has 0 bridgehead atoms. The highest BCUT2D eigenvalue weighted by atomic mass is 16.1. The molecule has 0 saturated heterocycles. The van der Waals surface area contributed by atoms with Gasteiger partial charge in [-0.25, -0.2) is 0 Å². The first-order valence-corrected chi connectivity index (χ1v) is 7.04. The summed E-state index contributed by atoms with van der Waals surface area (Å²) in [4.78, 5) is 11.0. The highest BCUT2D eigenvalue weighted by Gasteiger charge is 2.15. The molecule has 1 aromatic rings. The Morgan fingerprint density at radius 1 is 1.17 bits per heavy atom. The minimum absolute atomic E-state index is 0.0267. The SMILES string of the molecule is CC(=O)N[C@H](C)c1ccc(C2CCCCC2)cc1. The summed E-state index contributed by atoms with van der Waals surface area (Å²) in [6.45, 7) is 3.59. The van der Waals surface area contributed by atoms with Crippen molar-refractivity contribution in [2.24, 2.45) is 0 Å². The molecule has 1 N–H and O–H groups in total. The summed E-state index contributed by atoms with van der Waals surface area (Å²) in [5, 5.41) is 2.92.